The van der Waals surface area contributed by atoms with Crippen LogP contribution in [-0.4, -0.2) is 0 Å². The molecule has 0 aromatic rings. The van der Waals surface area contributed by atoms with Crippen molar-refractivity contribution in [1.82, 2.24) is 0 Å². The number of halogens is 1. The van der Waals surface area contributed by atoms with Crippen molar-refractivity contribution < 1.29 is 4.39 Å². The second kappa shape index (κ2) is 3.42. The summed E-state index contributed by atoms with van der Waals surface area (Å²) in [6, 6.07) is 0. The summed E-state index contributed by atoms with van der Waals surface area (Å²) < 4.78 is 12.0. The molecule has 0 amide bonds. The molecule has 8 heavy (non-hydrogen) atoms. The Balaban J connectivity index is 3.46. The van der Waals surface area contributed by atoms with Crippen molar-refractivity contribution in [3.05, 3.63) is 25.1 Å². The Labute approximate surface area is 49.7 Å². The average molecular weight is 114 g/mol. The van der Waals surface area contributed by atoms with E-state index in [2.05, 4.69) is 13.2 Å². The molecule has 0 bridgehead atoms. The Morgan fingerprint density at radius 3 is 2.50 bits per heavy atom. The Bertz CT molecular complexity index is 94.6. The Kier molecular flexibility index (Phi) is 3.16. The van der Waals surface area contributed by atoms with Crippen LogP contribution in [0.3, 0.4) is 0 Å². The maximum Gasteiger partial charge on any atom is 0.0959 e. The summed E-state index contributed by atoms with van der Waals surface area (Å²) in [6.07, 6.45) is 2.37. The van der Waals surface area contributed by atoms with Gasteiger partial charge in [0, 0.05) is 5.92 Å². The summed E-state index contributed by atoms with van der Waals surface area (Å²) >= 11 is 0. The van der Waals surface area contributed by atoms with Crippen molar-refractivity contribution in [3.8, 4) is 0 Å². The van der Waals surface area contributed by atoms with Crippen molar-refractivity contribution in [3.63, 3.8) is 0 Å². The lowest BCUT2D eigenvalue weighted by atomic mass is 10.1. The first-order chi connectivity index (χ1) is 3.68. The first-order valence-electron chi connectivity index (χ1n) is 2.63. The molecule has 0 aliphatic carbocycles. The molecule has 1 unspecified atom stereocenters. The third kappa shape index (κ3) is 2.56. The van der Waals surface area contributed by atoms with Crippen LogP contribution >= 0.6 is 0 Å². The van der Waals surface area contributed by atoms with Crippen molar-refractivity contribution in [2.75, 3.05) is 0 Å². The summed E-state index contributed by atoms with van der Waals surface area (Å²) in [6.45, 7) is 8.42. The van der Waals surface area contributed by atoms with Gasteiger partial charge in [0.1, 0.15) is 0 Å². The van der Waals surface area contributed by atoms with Crippen molar-refractivity contribution in [1.29, 1.82) is 0 Å². The molecule has 0 saturated carbocycles. The van der Waals surface area contributed by atoms with Crippen LogP contribution in [0.5, 0.6) is 0 Å². The molecule has 0 rings (SSSR count). The average Bonchev–Trinajstić information content (AvgIpc) is 1.67. The van der Waals surface area contributed by atoms with E-state index in [0.717, 1.165) is 0 Å². The molecule has 0 nitrogen and oxygen atoms in total. The van der Waals surface area contributed by atoms with E-state index in [-0.39, 0.29) is 11.7 Å². The van der Waals surface area contributed by atoms with Gasteiger partial charge in [0.25, 0.3) is 0 Å². The zero-order valence-electron chi connectivity index (χ0n) is 5.15. The van der Waals surface area contributed by atoms with Crippen LogP contribution in [0.4, 0.5) is 4.39 Å². The molecule has 0 N–H and O–H groups in total. The molecule has 46 valence electrons. The fourth-order valence-electron chi connectivity index (χ4n) is 0.378. The molecule has 0 radical (unpaired) electrons. The minimum absolute atomic E-state index is 0.0625. The van der Waals surface area contributed by atoms with E-state index in [9.17, 15) is 4.39 Å². The van der Waals surface area contributed by atoms with Crippen LogP contribution in [-0.2, 0) is 0 Å². The zero-order valence-corrected chi connectivity index (χ0v) is 5.15. The van der Waals surface area contributed by atoms with Crippen LogP contribution in [0.1, 0.15) is 13.3 Å². The lowest BCUT2D eigenvalue weighted by Gasteiger charge is -2.01. The molecule has 0 fully saturated rings. The highest BCUT2D eigenvalue weighted by molar-refractivity contribution is 4.90. The first-order valence-corrected chi connectivity index (χ1v) is 2.63. The van der Waals surface area contributed by atoms with Gasteiger partial charge < -0.3 is 0 Å². The van der Waals surface area contributed by atoms with Crippen molar-refractivity contribution in [2.45, 2.75) is 13.3 Å². The van der Waals surface area contributed by atoms with Gasteiger partial charge in [-0.3, -0.25) is 0 Å². The standard InChI is InChI=1S/C7H11F/c1-4-5-6(2)7(3)8/h4,6H,1,3,5H2,2H3. The fourth-order valence-corrected chi connectivity index (χ4v) is 0.378. The molecule has 0 aromatic heterocycles. The molecule has 0 aromatic carbocycles. The van der Waals surface area contributed by atoms with E-state index < -0.39 is 0 Å². The number of hydrogen-bond donors (Lipinski definition) is 0. The Morgan fingerprint density at radius 1 is 1.88 bits per heavy atom. The molecule has 1 heteroatoms. The number of allylic oxidation sites excluding steroid dienone is 2. The summed E-state index contributed by atoms with van der Waals surface area (Å²) in [5.41, 5.74) is 0. The van der Waals surface area contributed by atoms with Crippen LogP contribution in [0.25, 0.3) is 0 Å². The highest BCUT2D eigenvalue weighted by atomic mass is 19.1. The molecular formula is C7H11F. The molecule has 1 atom stereocenters. The Hall–Kier alpha value is -0.590. The van der Waals surface area contributed by atoms with Crippen molar-refractivity contribution >= 4 is 0 Å². The van der Waals surface area contributed by atoms with Crippen LogP contribution in [0.2, 0.25) is 0 Å². The topological polar surface area (TPSA) is 0 Å². The van der Waals surface area contributed by atoms with E-state index in [1.165, 1.54) is 0 Å². The summed E-state index contributed by atoms with van der Waals surface area (Å²) in [5.74, 6) is -0.322. The number of hydrogen-bond acceptors (Lipinski definition) is 0. The summed E-state index contributed by atoms with van der Waals surface area (Å²) in [5, 5.41) is 0. The summed E-state index contributed by atoms with van der Waals surface area (Å²) in [7, 11) is 0. The van der Waals surface area contributed by atoms with E-state index in [1.807, 2.05) is 0 Å². The third-order valence-corrected chi connectivity index (χ3v) is 1.05. The predicted octanol–water partition coefficient (Wildman–Crippen LogP) is 2.68. The smallest absolute Gasteiger partial charge is 0.0959 e. The van der Waals surface area contributed by atoms with Gasteiger partial charge in [0.15, 0.2) is 0 Å². The molecular weight excluding hydrogens is 103 g/mol. The van der Waals surface area contributed by atoms with Gasteiger partial charge in [-0.25, -0.2) is 4.39 Å². The fraction of sp³-hybridized carbons (Fsp3) is 0.429. The minimum atomic E-state index is -0.259. The molecule has 0 aliphatic heterocycles. The molecule has 0 saturated heterocycles. The second-order valence-corrected chi connectivity index (χ2v) is 1.87. The highest BCUT2D eigenvalue weighted by Gasteiger charge is 2.00. The van der Waals surface area contributed by atoms with Crippen molar-refractivity contribution in [2.24, 2.45) is 5.92 Å². The van der Waals surface area contributed by atoms with Gasteiger partial charge in [-0.15, -0.1) is 6.58 Å². The van der Waals surface area contributed by atoms with Gasteiger partial charge >= 0.3 is 0 Å². The molecule has 0 spiro atoms. The monoisotopic (exact) mass is 114 g/mol. The van der Waals surface area contributed by atoms with Gasteiger partial charge in [0.05, 0.1) is 5.83 Å². The quantitative estimate of drug-likeness (QED) is 0.495. The Morgan fingerprint density at radius 2 is 2.38 bits per heavy atom. The SMILES string of the molecule is C=CCC(C)C(=C)F. The first kappa shape index (κ1) is 7.41. The van der Waals surface area contributed by atoms with Crippen LogP contribution < -0.4 is 0 Å². The van der Waals surface area contributed by atoms with Gasteiger partial charge in [-0.2, -0.15) is 0 Å². The van der Waals surface area contributed by atoms with Crippen LogP contribution in [0.15, 0.2) is 25.1 Å². The highest BCUT2D eigenvalue weighted by Crippen LogP contribution is 2.12. The van der Waals surface area contributed by atoms with E-state index in [1.54, 1.807) is 13.0 Å². The predicted molar refractivity (Wildman–Crippen MR) is 34.2 cm³/mol. The van der Waals surface area contributed by atoms with E-state index in [4.69, 9.17) is 0 Å². The zero-order chi connectivity index (χ0) is 6.57. The molecule has 0 aliphatic rings. The maximum atomic E-state index is 12.0. The third-order valence-electron chi connectivity index (χ3n) is 1.05. The van der Waals surface area contributed by atoms with Gasteiger partial charge in [0.2, 0.25) is 0 Å². The maximum absolute atomic E-state index is 12.0. The number of rotatable bonds is 3. The minimum Gasteiger partial charge on any atom is -0.212 e. The van der Waals surface area contributed by atoms with Gasteiger partial charge in [-0.1, -0.05) is 19.6 Å². The normalized spacial score (nSPS) is 12.8. The van der Waals surface area contributed by atoms with E-state index in [0.29, 0.717) is 6.42 Å². The lowest BCUT2D eigenvalue weighted by Crippen LogP contribution is -1.89. The largest absolute Gasteiger partial charge is 0.212 e. The van der Waals surface area contributed by atoms with Crippen LogP contribution in [0, 0.1) is 5.92 Å². The van der Waals surface area contributed by atoms with Gasteiger partial charge in [-0.05, 0) is 6.42 Å². The van der Waals surface area contributed by atoms with E-state index >= 15 is 0 Å². The lowest BCUT2D eigenvalue weighted by molar-refractivity contribution is 0.500. The molecule has 0 heterocycles. The summed E-state index contributed by atoms with van der Waals surface area (Å²) in [4.78, 5) is 0. The second-order valence-electron chi connectivity index (χ2n) is 1.87.